The van der Waals surface area contributed by atoms with Crippen LogP contribution in [-0.2, 0) is 0 Å². The van der Waals surface area contributed by atoms with E-state index in [2.05, 4.69) is 15.7 Å². The topological polar surface area (TPSA) is 59.0 Å². The predicted molar refractivity (Wildman–Crippen MR) is 118 cm³/mol. The van der Waals surface area contributed by atoms with Gasteiger partial charge in [-0.1, -0.05) is 60.1 Å². The van der Waals surface area contributed by atoms with E-state index >= 15 is 0 Å². The molecule has 0 bridgehead atoms. The quantitative estimate of drug-likeness (QED) is 0.478. The normalized spacial score (nSPS) is 16.4. The van der Waals surface area contributed by atoms with Gasteiger partial charge in [-0.15, -0.1) is 0 Å². The number of Topliss-reactive ketones (excluding diaryl/α,β-unsaturated/α-hetero) is 1. The number of hydrogen-bond donors (Lipinski definition) is 2. The van der Waals surface area contributed by atoms with Crippen molar-refractivity contribution in [3.05, 3.63) is 93.9 Å². The molecule has 3 aromatic rings. The van der Waals surface area contributed by atoms with E-state index in [4.69, 9.17) is 23.8 Å². The highest BCUT2D eigenvalue weighted by Crippen LogP contribution is 2.36. The van der Waals surface area contributed by atoms with E-state index < -0.39 is 6.04 Å². The Morgan fingerprint density at radius 1 is 1.07 bits per heavy atom. The molecule has 1 aliphatic heterocycles. The number of nitrogens with zero attached hydrogens (tertiary/aromatic N) is 2. The maximum Gasteiger partial charge on any atom is 0.193 e. The molecule has 0 radical (unpaired) electrons. The van der Waals surface area contributed by atoms with E-state index in [9.17, 15) is 4.79 Å². The molecule has 29 heavy (non-hydrogen) atoms. The van der Waals surface area contributed by atoms with Crippen LogP contribution in [0.25, 0.3) is 5.69 Å². The summed E-state index contributed by atoms with van der Waals surface area (Å²) >= 11 is 12.1. The van der Waals surface area contributed by atoms with E-state index in [1.54, 1.807) is 16.8 Å². The van der Waals surface area contributed by atoms with E-state index in [0.717, 1.165) is 16.9 Å². The highest BCUT2D eigenvalue weighted by Gasteiger charge is 2.34. The lowest BCUT2D eigenvalue weighted by Gasteiger charge is -2.30. The second-order valence-electron chi connectivity index (χ2n) is 6.80. The summed E-state index contributed by atoms with van der Waals surface area (Å²) in [5.41, 5.74) is 4.19. The molecule has 1 atom stereocenters. The smallest absolute Gasteiger partial charge is 0.193 e. The molecule has 2 aromatic carbocycles. The van der Waals surface area contributed by atoms with E-state index in [0.29, 0.717) is 27.1 Å². The molecule has 0 saturated carbocycles. The van der Waals surface area contributed by atoms with Gasteiger partial charge in [0, 0.05) is 22.4 Å². The van der Waals surface area contributed by atoms with E-state index in [1.165, 1.54) is 0 Å². The van der Waals surface area contributed by atoms with Crippen LogP contribution in [0.2, 0.25) is 5.15 Å². The molecular weight excluding hydrogens is 404 g/mol. The van der Waals surface area contributed by atoms with Crippen molar-refractivity contribution in [3.63, 3.8) is 0 Å². The minimum absolute atomic E-state index is 0.0847. The molecule has 2 N–H and O–H groups in total. The predicted octanol–water partition coefficient (Wildman–Crippen LogP) is 4.51. The molecule has 1 aromatic heterocycles. The fraction of sp³-hybridized carbons (Fsp3) is 0.136. The Morgan fingerprint density at radius 2 is 1.69 bits per heavy atom. The Bertz CT molecular complexity index is 1120. The molecule has 1 unspecified atom stereocenters. The van der Waals surface area contributed by atoms with Crippen LogP contribution < -0.4 is 10.6 Å². The number of allylic oxidation sites excluding steroid dienone is 1. The van der Waals surface area contributed by atoms with Crippen LogP contribution in [0, 0.1) is 6.92 Å². The Hall–Kier alpha value is -2.96. The second kappa shape index (κ2) is 7.81. The standard InChI is InChI=1S/C22H19ClN4OS/c1-13-17(20(28)15-9-5-3-6-10-15)19(25-22(29)24-13)18-14(2)26-27(21(18)23)16-11-7-4-8-12-16/h3-12,19H,1-2H3,(H2,24,25,29). The van der Waals surface area contributed by atoms with Gasteiger partial charge >= 0.3 is 0 Å². The van der Waals surface area contributed by atoms with Gasteiger partial charge < -0.3 is 10.6 Å². The van der Waals surface area contributed by atoms with Crippen molar-refractivity contribution < 1.29 is 4.79 Å². The average molecular weight is 423 g/mol. The number of ketones is 1. The van der Waals surface area contributed by atoms with Gasteiger partial charge in [-0.05, 0) is 38.2 Å². The van der Waals surface area contributed by atoms with Gasteiger partial charge in [0.25, 0.3) is 0 Å². The van der Waals surface area contributed by atoms with Crippen molar-refractivity contribution in [2.24, 2.45) is 0 Å². The number of thiocarbonyl (C=S) groups is 1. The summed E-state index contributed by atoms with van der Waals surface area (Å²) in [5.74, 6) is -0.0847. The molecule has 2 heterocycles. The minimum atomic E-state index is -0.499. The van der Waals surface area contributed by atoms with Gasteiger partial charge in [-0.25, -0.2) is 4.68 Å². The Morgan fingerprint density at radius 3 is 2.34 bits per heavy atom. The molecular formula is C22H19ClN4OS. The zero-order valence-corrected chi connectivity index (χ0v) is 17.5. The lowest BCUT2D eigenvalue weighted by Crippen LogP contribution is -2.45. The van der Waals surface area contributed by atoms with Crippen molar-refractivity contribution in [2.45, 2.75) is 19.9 Å². The Labute approximate surface area is 179 Å². The maximum absolute atomic E-state index is 13.3. The molecule has 0 saturated heterocycles. The van der Waals surface area contributed by atoms with Gasteiger partial charge in [0.05, 0.1) is 17.4 Å². The number of nitrogens with one attached hydrogen (secondary N) is 2. The highest BCUT2D eigenvalue weighted by atomic mass is 35.5. The number of rotatable bonds is 4. The van der Waals surface area contributed by atoms with Crippen LogP contribution in [0.4, 0.5) is 0 Å². The first kappa shape index (κ1) is 19.4. The summed E-state index contributed by atoms with van der Waals surface area (Å²) in [5, 5.41) is 11.8. The number of aryl methyl sites for hydroxylation is 1. The van der Waals surface area contributed by atoms with Crippen LogP contribution in [0.1, 0.15) is 34.6 Å². The molecule has 0 aliphatic carbocycles. The van der Waals surface area contributed by atoms with Crippen molar-refractivity contribution in [1.82, 2.24) is 20.4 Å². The summed E-state index contributed by atoms with van der Waals surface area (Å²) in [6.07, 6.45) is 0. The molecule has 5 nitrogen and oxygen atoms in total. The van der Waals surface area contributed by atoms with Crippen molar-refractivity contribution >= 4 is 34.7 Å². The lowest BCUT2D eigenvalue weighted by atomic mass is 9.90. The molecule has 0 fully saturated rings. The summed E-state index contributed by atoms with van der Waals surface area (Å²) < 4.78 is 1.68. The Balaban J connectivity index is 1.84. The number of para-hydroxylation sites is 1. The largest absolute Gasteiger partial charge is 0.351 e. The van der Waals surface area contributed by atoms with E-state index in [-0.39, 0.29) is 5.78 Å². The monoisotopic (exact) mass is 422 g/mol. The average Bonchev–Trinajstić information content (AvgIpc) is 3.02. The van der Waals surface area contributed by atoms with Gasteiger partial charge in [0.2, 0.25) is 0 Å². The van der Waals surface area contributed by atoms with Gasteiger partial charge in [0.1, 0.15) is 5.15 Å². The molecule has 7 heteroatoms. The number of aromatic nitrogens is 2. The van der Waals surface area contributed by atoms with Gasteiger partial charge in [-0.3, -0.25) is 4.79 Å². The lowest BCUT2D eigenvalue weighted by molar-refractivity contribution is 0.102. The number of halogens is 1. The first-order valence-electron chi connectivity index (χ1n) is 9.16. The van der Waals surface area contributed by atoms with Gasteiger partial charge in [0.15, 0.2) is 10.9 Å². The molecule has 1 aliphatic rings. The van der Waals surface area contributed by atoms with Crippen LogP contribution in [0.3, 0.4) is 0 Å². The third kappa shape index (κ3) is 3.57. The number of hydrogen-bond acceptors (Lipinski definition) is 3. The summed E-state index contributed by atoms with van der Waals surface area (Å²) in [4.78, 5) is 13.3. The first-order valence-corrected chi connectivity index (χ1v) is 9.94. The number of benzene rings is 2. The molecule has 0 amide bonds. The molecule has 4 rings (SSSR count). The third-order valence-electron chi connectivity index (χ3n) is 4.89. The second-order valence-corrected chi connectivity index (χ2v) is 7.57. The summed E-state index contributed by atoms with van der Waals surface area (Å²) in [6.45, 7) is 3.73. The van der Waals surface area contributed by atoms with Gasteiger partial charge in [-0.2, -0.15) is 5.10 Å². The fourth-order valence-corrected chi connectivity index (χ4v) is 4.19. The highest BCUT2D eigenvalue weighted by molar-refractivity contribution is 7.80. The third-order valence-corrected chi connectivity index (χ3v) is 5.47. The Kier molecular flexibility index (Phi) is 5.22. The number of carbonyl (C=O) groups excluding carboxylic acids is 1. The summed E-state index contributed by atoms with van der Waals surface area (Å²) in [6, 6.07) is 18.3. The molecule has 0 spiro atoms. The van der Waals surface area contributed by atoms with Crippen LogP contribution in [0.5, 0.6) is 0 Å². The zero-order chi connectivity index (χ0) is 20.5. The molecule has 146 valence electrons. The van der Waals surface area contributed by atoms with Crippen molar-refractivity contribution in [2.75, 3.05) is 0 Å². The minimum Gasteiger partial charge on any atom is -0.351 e. The SMILES string of the molecule is CC1=C(C(=O)c2ccccc2)C(c2c(C)nn(-c3ccccc3)c2Cl)NC(=S)N1. The van der Waals surface area contributed by atoms with Crippen LogP contribution >= 0.6 is 23.8 Å². The van der Waals surface area contributed by atoms with Crippen molar-refractivity contribution in [3.8, 4) is 5.69 Å². The number of carbonyl (C=O) groups is 1. The fourth-order valence-electron chi connectivity index (χ4n) is 3.54. The first-order chi connectivity index (χ1) is 14.0. The summed E-state index contributed by atoms with van der Waals surface area (Å²) in [7, 11) is 0. The maximum atomic E-state index is 13.3. The van der Waals surface area contributed by atoms with Crippen LogP contribution in [0.15, 0.2) is 71.9 Å². The zero-order valence-electron chi connectivity index (χ0n) is 15.9. The van der Waals surface area contributed by atoms with E-state index in [1.807, 2.05) is 62.4 Å². The van der Waals surface area contributed by atoms with Crippen molar-refractivity contribution in [1.29, 1.82) is 0 Å². The van der Waals surface area contributed by atoms with Crippen LogP contribution in [-0.4, -0.2) is 20.7 Å².